The first-order valence-corrected chi connectivity index (χ1v) is 12.3. The van der Waals surface area contributed by atoms with Crippen molar-refractivity contribution in [2.24, 2.45) is 0 Å². The van der Waals surface area contributed by atoms with Crippen LogP contribution < -0.4 is 26.0 Å². The number of nitrogens with one attached hydrogen (secondary N) is 3. The van der Waals surface area contributed by atoms with Crippen molar-refractivity contribution in [1.29, 1.82) is 0 Å². The number of likely N-dealkylation sites (tertiary alicyclic amines) is 1. The van der Waals surface area contributed by atoms with Gasteiger partial charge in [0.2, 0.25) is 0 Å². The van der Waals surface area contributed by atoms with Crippen LogP contribution in [-0.2, 0) is 0 Å². The van der Waals surface area contributed by atoms with Crippen molar-refractivity contribution in [1.82, 2.24) is 25.7 Å². The maximum Gasteiger partial charge on any atom is 0.157 e. The number of piperidine rings is 1. The van der Waals surface area contributed by atoms with Crippen molar-refractivity contribution in [2.45, 2.75) is 25.7 Å². The lowest BCUT2D eigenvalue weighted by Crippen LogP contribution is -2.34. The molecule has 0 bridgehead atoms. The van der Waals surface area contributed by atoms with Gasteiger partial charge in [-0.05, 0) is 55.1 Å². The number of ether oxygens (including phenoxy) is 1. The zero-order valence-corrected chi connectivity index (χ0v) is 18.8. The minimum absolute atomic E-state index is 0.744. The van der Waals surface area contributed by atoms with Crippen LogP contribution in [-0.4, -0.2) is 41.1 Å². The Hall–Kier alpha value is -2.90. The molecule has 6 nitrogen and oxygen atoms in total. The molecule has 3 aliphatic rings. The van der Waals surface area contributed by atoms with Crippen LogP contribution in [0.5, 0.6) is 5.75 Å². The van der Waals surface area contributed by atoms with E-state index in [0.29, 0.717) is 0 Å². The summed E-state index contributed by atoms with van der Waals surface area (Å²) in [7, 11) is 0. The fourth-order valence-electron chi connectivity index (χ4n) is 4.65. The van der Waals surface area contributed by atoms with Crippen LogP contribution in [0.4, 0.5) is 0 Å². The van der Waals surface area contributed by atoms with Crippen molar-refractivity contribution in [3.63, 3.8) is 0 Å². The molecule has 2 aromatic carbocycles. The number of hydrazine groups is 1. The number of hydrogen-bond donors (Lipinski definition) is 3. The van der Waals surface area contributed by atoms with E-state index in [1.54, 1.807) is 11.8 Å². The lowest BCUT2D eigenvalue weighted by atomic mass is 10.1. The number of aromatic nitrogens is 2. The molecule has 0 spiro atoms. The van der Waals surface area contributed by atoms with Gasteiger partial charge in [-0.25, -0.2) is 4.98 Å². The summed E-state index contributed by atoms with van der Waals surface area (Å²) in [6.07, 6.45) is 5.12. The SMILES string of the molecule is C1=c2ccccc2=C2NNC(c3nc4ccc(OCCCN5CCCCC5)cc4[nH]3)=C2S1. The minimum atomic E-state index is 0.744. The highest BCUT2D eigenvalue weighted by atomic mass is 32.2. The molecule has 32 heavy (non-hydrogen) atoms. The van der Waals surface area contributed by atoms with Crippen LogP contribution in [0.25, 0.3) is 27.8 Å². The summed E-state index contributed by atoms with van der Waals surface area (Å²) in [5.74, 6) is 1.73. The van der Waals surface area contributed by atoms with Crippen LogP contribution in [0.3, 0.4) is 0 Å². The van der Waals surface area contributed by atoms with Gasteiger partial charge >= 0.3 is 0 Å². The summed E-state index contributed by atoms with van der Waals surface area (Å²) >= 11 is 1.72. The zero-order valence-electron chi connectivity index (χ0n) is 18.0. The molecule has 1 fully saturated rings. The highest BCUT2D eigenvalue weighted by Crippen LogP contribution is 2.35. The summed E-state index contributed by atoms with van der Waals surface area (Å²) < 4.78 is 6.04. The highest BCUT2D eigenvalue weighted by molar-refractivity contribution is 8.10. The Morgan fingerprint density at radius 2 is 1.88 bits per heavy atom. The summed E-state index contributed by atoms with van der Waals surface area (Å²) in [6, 6.07) is 14.5. The molecule has 0 atom stereocenters. The van der Waals surface area contributed by atoms with Crippen molar-refractivity contribution in [3.05, 3.63) is 63.6 Å². The van der Waals surface area contributed by atoms with Crippen LogP contribution in [0, 0.1) is 0 Å². The van der Waals surface area contributed by atoms with Gasteiger partial charge in [-0.3, -0.25) is 10.9 Å². The standard InChI is InChI=1S/C25H27N5OS/c1-4-11-30(12-5-1)13-6-14-31-18-9-10-20-21(15-18)27-25(26-20)23-24-22(28-29-23)19-8-3-2-7-17(19)16-32-24/h2-3,7-10,15-16,28-29H,1,4-6,11-14H2,(H,26,27). The predicted octanol–water partition coefficient (Wildman–Crippen LogP) is 2.89. The molecule has 164 valence electrons. The van der Waals surface area contributed by atoms with E-state index in [2.05, 4.69) is 56.5 Å². The number of H-pyrrole nitrogens is 1. The Balaban J connectivity index is 1.19. The molecule has 0 unspecified atom stereocenters. The smallest absolute Gasteiger partial charge is 0.157 e. The number of hydrogen-bond acceptors (Lipinski definition) is 6. The molecule has 3 aromatic rings. The maximum absolute atomic E-state index is 6.04. The quantitative estimate of drug-likeness (QED) is 0.507. The molecular weight excluding hydrogens is 418 g/mol. The first kappa shape index (κ1) is 19.8. The van der Waals surface area contributed by atoms with E-state index in [0.717, 1.165) is 58.5 Å². The summed E-state index contributed by atoms with van der Waals surface area (Å²) in [5, 5.41) is 4.64. The number of rotatable bonds is 6. The van der Waals surface area contributed by atoms with Gasteiger partial charge in [0.25, 0.3) is 0 Å². The number of benzene rings is 2. The Bertz CT molecular complexity index is 1310. The first-order chi connectivity index (χ1) is 15.8. The number of fused-ring (bicyclic) bond motifs is 3. The van der Waals surface area contributed by atoms with E-state index in [9.17, 15) is 0 Å². The molecular formula is C25H27N5OS. The van der Waals surface area contributed by atoms with Crippen molar-refractivity contribution < 1.29 is 4.74 Å². The van der Waals surface area contributed by atoms with Crippen molar-refractivity contribution in [2.75, 3.05) is 26.2 Å². The lowest BCUT2D eigenvalue weighted by Gasteiger charge is -2.26. The van der Waals surface area contributed by atoms with Crippen LogP contribution in [0.15, 0.2) is 47.4 Å². The minimum Gasteiger partial charge on any atom is -0.493 e. The topological polar surface area (TPSA) is 65.2 Å². The summed E-state index contributed by atoms with van der Waals surface area (Å²) in [4.78, 5) is 12.0. The van der Waals surface area contributed by atoms with Gasteiger partial charge in [-0.1, -0.05) is 42.4 Å². The Kier molecular flexibility index (Phi) is 5.29. The van der Waals surface area contributed by atoms with Gasteiger partial charge < -0.3 is 14.6 Å². The van der Waals surface area contributed by atoms with Gasteiger partial charge in [0.15, 0.2) is 5.82 Å². The van der Waals surface area contributed by atoms with Gasteiger partial charge in [0.1, 0.15) is 11.4 Å². The maximum atomic E-state index is 6.04. The third-order valence-electron chi connectivity index (χ3n) is 6.33. The van der Waals surface area contributed by atoms with E-state index in [-0.39, 0.29) is 0 Å². The van der Waals surface area contributed by atoms with E-state index in [1.165, 1.54) is 42.8 Å². The lowest BCUT2D eigenvalue weighted by molar-refractivity contribution is 0.205. The summed E-state index contributed by atoms with van der Waals surface area (Å²) in [6.45, 7) is 4.35. The average Bonchev–Trinajstić information content (AvgIpc) is 3.46. The molecule has 4 heterocycles. The molecule has 0 radical (unpaired) electrons. The molecule has 3 aliphatic heterocycles. The molecule has 6 rings (SSSR count). The molecule has 0 aliphatic carbocycles. The van der Waals surface area contributed by atoms with E-state index in [4.69, 9.17) is 9.72 Å². The van der Waals surface area contributed by atoms with Gasteiger partial charge in [0.05, 0.1) is 28.2 Å². The molecule has 7 heteroatoms. The highest BCUT2D eigenvalue weighted by Gasteiger charge is 2.25. The Morgan fingerprint density at radius 3 is 2.81 bits per heavy atom. The molecule has 1 aromatic heterocycles. The van der Waals surface area contributed by atoms with Crippen LogP contribution in [0.1, 0.15) is 31.5 Å². The second-order valence-corrected chi connectivity index (χ2v) is 9.40. The second kappa shape index (κ2) is 8.56. The monoisotopic (exact) mass is 445 g/mol. The second-order valence-electron chi connectivity index (χ2n) is 8.52. The van der Waals surface area contributed by atoms with Crippen LogP contribution in [0.2, 0.25) is 0 Å². The molecule has 3 N–H and O–H groups in total. The number of thioether (sulfide) groups is 1. The van der Waals surface area contributed by atoms with Crippen LogP contribution >= 0.6 is 11.8 Å². The van der Waals surface area contributed by atoms with Gasteiger partial charge in [-0.15, -0.1) is 0 Å². The van der Waals surface area contributed by atoms with E-state index >= 15 is 0 Å². The molecule has 0 saturated carbocycles. The number of imidazole rings is 1. The number of aromatic amines is 1. The first-order valence-electron chi connectivity index (χ1n) is 11.4. The van der Waals surface area contributed by atoms with E-state index in [1.807, 2.05) is 12.1 Å². The average molecular weight is 446 g/mol. The predicted molar refractivity (Wildman–Crippen MR) is 131 cm³/mol. The van der Waals surface area contributed by atoms with Gasteiger partial charge in [0, 0.05) is 17.8 Å². The third kappa shape index (κ3) is 3.76. The van der Waals surface area contributed by atoms with Gasteiger partial charge in [-0.2, -0.15) is 0 Å². The normalized spacial score (nSPS) is 18.1. The molecule has 1 saturated heterocycles. The number of nitrogens with zero attached hydrogens (tertiary/aromatic N) is 2. The Morgan fingerprint density at radius 1 is 1.00 bits per heavy atom. The fourth-order valence-corrected chi connectivity index (χ4v) is 5.64. The van der Waals surface area contributed by atoms with E-state index < -0.39 is 0 Å². The zero-order chi connectivity index (χ0) is 21.3. The third-order valence-corrected chi connectivity index (χ3v) is 7.34. The summed E-state index contributed by atoms with van der Waals surface area (Å²) in [5.41, 5.74) is 10.7. The Labute approximate surface area is 191 Å². The largest absolute Gasteiger partial charge is 0.493 e. The van der Waals surface area contributed by atoms with Crippen molar-refractivity contribution in [3.8, 4) is 5.75 Å². The fraction of sp³-hybridized carbons (Fsp3) is 0.320. The molecule has 0 amide bonds. The van der Waals surface area contributed by atoms with Crippen molar-refractivity contribution >= 4 is 39.6 Å².